The molecule has 0 aromatic rings. The Balaban J connectivity index is -0.0000000817. The largest absolute Gasteiger partial charge is 0.394 e. The first-order valence-corrected chi connectivity index (χ1v) is 3.10. The minimum absolute atomic E-state index is 0. The summed E-state index contributed by atoms with van der Waals surface area (Å²) in [5, 5.41) is 17.1. The lowest BCUT2D eigenvalue weighted by atomic mass is 10.2. The molecule has 0 heterocycles. The van der Waals surface area contributed by atoms with Crippen molar-refractivity contribution in [2.75, 3.05) is 6.61 Å². The minimum atomic E-state index is -0.491. The average molecular weight is 166 g/mol. The van der Waals surface area contributed by atoms with E-state index in [0.29, 0.717) is 0 Å². The fraction of sp³-hybridized carbons (Fsp3) is 1.00. The van der Waals surface area contributed by atoms with E-state index in [1.807, 2.05) is 0 Å². The van der Waals surface area contributed by atoms with Crippen molar-refractivity contribution in [3.63, 3.8) is 0 Å². The summed E-state index contributed by atoms with van der Waals surface area (Å²) in [5.41, 5.74) is 0. The molecule has 0 bridgehead atoms. The van der Waals surface area contributed by atoms with Crippen LogP contribution in [0.3, 0.4) is 0 Å². The lowest BCUT2D eigenvalue weighted by molar-refractivity contribution is 0.0865. The molecule has 0 aromatic heterocycles. The third-order valence-corrected chi connectivity index (χ3v) is 1.10. The molecule has 0 aliphatic carbocycles. The van der Waals surface area contributed by atoms with Crippen LogP contribution in [0.25, 0.3) is 0 Å². The summed E-state index contributed by atoms with van der Waals surface area (Å²) in [5.74, 6) is 0. The quantitative estimate of drug-likeness (QED) is 0.673. The SMILES string of the molecule is C.C.C.CCCCC(O)CO. The smallest absolute Gasteiger partial charge is 0.0770 e. The van der Waals surface area contributed by atoms with Gasteiger partial charge in [0.25, 0.3) is 0 Å². The predicted molar refractivity (Wildman–Crippen MR) is 52.8 cm³/mol. The van der Waals surface area contributed by atoms with Crippen LogP contribution in [0.2, 0.25) is 0 Å². The van der Waals surface area contributed by atoms with E-state index in [-0.39, 0.29) is 28.9 Å². The Morgan fingerprint density at radius 1 is 1.18 bits per heavy atom. The monoisotopic (exact) mass is 166 g/mol. The van der Waals surface area contributed by atoms with Crippen molar-refractivity contribution in [2.45, 2.75) is 54.6 Å². The highest BCUT2D eigenvalue weighted by Gasteiger charge is 1.97. The number of unbranched alkanes of at least 4 members (excludes halogenated alkanes) is 1. The van der Waals surface area contributed by atoms with Crippen molar-refractivity contribution in [2.24, 2.45) is 0 Å². The minimum Gasteiger partial charge on any atom is -0.394 e. The van der Waals surface area contributed by atoms with Gasteiger partial charge in [0.2, 0.25) is 0 Å². The van der Waals surface area contributed by atoms with Crippen LogP contribution in [0.1, 0.15) is 48.5 Å². The van der Waals surface area contributed by atoms with Gasteiger partial charge in [-0.25, -0.2) is 0 Å². The maximum absolute atomic E-state index is 8.74. The van der Waals surface area contributed by atoms with E-state index >= 15 is 0 Å². The molecule has 0 aliphatic rings. The van der Waals surface area contributed by atoms with Crippen molar-refractivity contribution in [3.8, 4) is 0 Å². The molecular weight excluding hydrogens is 140 g/mol. The zero-order valence-corrected chi connectivity index (χ0v) is 5.30. The van der Waals surface area contributed by atoms with Crippen molar-refractivity contribution >= 4 is 0 Å². The van der Waals surface area contributed by atoms with Crippen molar-refractivity contribution in [1.29, 1.82) is 0 Å². The van der Waals surface area contributed by atoms with Crippen LogP contribution in [0.5, 0.6) is 0 Å². The molecule has 0 radical (unpaired) electrons. The molecule has 0 saturated carbocycles. The maximum atomic E-state index is 8.74. The molecule has 11 heavy (non-hydrogen) atoms. The summed E-state index contributed by atoms with van der Waals surface area (Å²) in [6.07, 6.45) is 2.32. The number of aliphatic hydroxyl groups is 2. The molecule has 0 amide bonds. The van der Waals surface area contributed by atoms with Crippen LogP contribution in [-0.2, 0) is 0 Å². The summed E-state index contributed by atoms with van der Waals surface area (Å²) in [4.78, 5) is 0. The first-order chi connectivity index (χ1) is 3.81. The average Bonchev–Trinajstić information content (AvgIpc) is 1.83. The van der Waals surface area contributed by atoms with E-state index in [1.165, 1.54) is 0 Å². The molecule has 0 fully saturated rings. The molecule has 0 rings (SSSR count). The third-order valence-electron chi connectivity index (χ3n) is 1.10. The summed E-state index contributed by atoms with van der Waals surface area (Å²) in [6.45, 7) is 1.96. The van der Waals surface area contributed by atoms with Crippen LogP contribution in [0.4, 0.5) is 0 Å². The van der Waals surface area contributed by atoms with Crippen molar-refractivity contribution in [3.05, 3.63) is 0 Å². The van der Waals surface area contributed by atoms with Crippen LogP contribution in [-0.4, -0.2) is 22.9 Å². The topological polar surface area (TPSA) is 40.5 Å². The summed E-state index contributed by atoms with van der Waals surface area (Å²) in [7, 11) is 0. The first-order valence-electron chi connectivity index (χ1n) is 3.10. The van der Waals surface area contributed by atoms with Crippen LogP contribution < -0.4 is 0 Å². The second kappa shape index (κ2) is 16.5. The van der Waals surface area contributed by atoms with Gasteiger partial charge in [-0.2, -0.15) is 0 Å². The summed E-state index contributed by atoms with van der Waals surface area (Å²) >= 11 is 0. The van der Waals surface area contributed by atoms with E-state index in [9.17, 15) is 0 Å². The van der Waals surface area contributed by atoms with Crippen LogP contribution in [0.15, 0.2) is 0 Å². The van der Waals surface area contributed by atoms with E-state index in [1.54, 1.807) is 0 Å². The maximum Gasteiger partial charge on any atom is 0.0770 e. The summed E-state index contributed by atoms with van der Waals surface area (Å²) < 4.78 is 0. The number of hydrogen-bond acceptors (Lipinski definition) is 2. The lowest BCUT2D eigenvalue weighted by Gasteiger charge is -2.02. The van der Waals surface area contributed by atoms with Gasteiger partial charge in [-0.1, -0.05) is 42.0 Å². The van der Waals surface area contributed by atoms with Gasteiger partial charge in [0.15, 0.2) is 0 Å². The molecule has 0 aliphatic heterocycles. The molecule has 0 aromatic carbocycles. The fourth-order valence-corrected chi connectivity index (χ4v) is 0.531. The summed E-state index contributed by atoms with van der Waals surface area (Å²) in [6, 6.07) is 0. The second-order valence-corrected chi connectivity index (χ2v) is 1.98. The third kappa shape index (κ3) is 17.8. The first kappa shape index (κ1) is 22.4. The van der Waals surface area contributed by atoms with Crippen LogP contribution in [0, 0.1) is 0 Å². The Labute approximate surface area is 72.3 Å². The standard InChI is InChI=1S/C6H14O2.3CH4/c1-2-3-4-6(8)5-7;;;/h6-8H,2-5H2,1H3;3*1H4. The molecule has 0 spiro atoms. The van der Waals surface area contributed by atoms with Gasteiger partial charge in [-0.3, -0.25) is 0 Å². The molecule has 1 atom stereocenters. The predicted octanol–water partition coefficient (Wildman–Crippen LogP) is 2.44. The molecular formula is C9H26O2. The highest BCUT2D eigenvalue weighted by molar-refractivity contribution is 4.50. The van der Waals surface area contributed by atoms with Gasteiger partial charge in [0.05, 0.1) is 12.7 Å². The highest BCUT2D eigenvalue weighted by Crippen LogP contribution is 1.97. The molecule has 74 valence electrons. The van der Waals surface area contributed by atoms with E-state index in [2.05, 4.69) is 6.92 Å². The number of aliphatic hydroxyl groups excluding tert-OH is 2. The Morgan fingerprint density at radius 2 is 1.64 bits per heavy atom. The molecule has 2 heteroatoms. The number of rotatable bonds is 4. The van der Waals surface area contributed by atoms with Gasteiger partial charge in [-0.15, -0.1) is 0 Å². The van der Waals surface area contributed by atoms with E-state index in [4.69, 9.17) is 10.2 Å². The molecule has 0 saturated heterocycles. The molecule has 2 nitrogen and oxygen atoms in total. The Morgan fingerprint density at radius 3 is 1.91 bits per heavy atom. The van der Waals surface area contributed by atoms with Gasteiger partial charge in [0, 0.05) is 0 Å². The Hall–Kier alpha value is -0.0800. The van der Waals surface area contributed by atoms with E-state index < -0.39 is 6.10 Å². The van der Waals surface area contributed by atoms with Gasteiger partial charge < -0.3 is 10.2 Å². The van der Waals surface area contributed by atoms with E-state index in [0.717, 1.165) is 19.3 Å². The number of hydrogen-bond donors (Lipinski definition) is 2. The Bertz CT molecular complexity index is 46.8. The van der Waals surface area contributed by atoms with Gasteiger partial charge in [0.1, 0.15) is 0 Å². The molecule has 2 N–H and O–H groups in total. The Kier molecular flexibility index (Phi) is 33.6. The van der Waals surface area contributed by atoms with Gasteiger partial charge in [-0.05, 0) is 6.42 Å². The zero-order valence-electron chi connectivity index (χ0n) is 5.30. The normalized spacial score (nSPS) is 10.1. The zero-order chi connectivity index (χ0) is 6.41. The van der Waals surface area contributed by atoms with Crippen molar-refractivity contribution in [1.82, 2.24) is 0 Å². The molecule has 1 unspecified atom stereocenters. The fourth-order valence-electron chi connectivity index (χ4n) is 0.531. The van der Waals surface area contributed by atoms with Crippen LogP contribution >= 0.6 is 0 Å². The second-order valence-electron chi connectivity index (χ2n) is 1.98. The highest BCUT2D eigenvalue weighted by atomic mass is 16.3. The van der Waals surface area contributed by atoms with Crippen molar-refractivity contribution < 1.29 is 10.2 Å². The van der Waals surface area contributed by atoms with Gasteiger partial charge >= 0.3 is 0 Å². The lowest BCUT2D eigenvalue weighted by Crippen LogP contribution is -2.10.